The lowest BCUT2D eigenvalue weighted by atomic mass is 10.0. The summed E-state index contributed by atoms with van der Waals surface area (Å²) in [5, 5.41) is 3.63. The van der Waals surface area contributed by atoms with Crippen molar-refractivity contribution in [2.75, 3.05) is 23.7 Å². The molecule has 49 heavy (non-hydrogen) atoms. The zero-order valence-corrected chi connectivity index (χ0v) is 31.3. The van der Waals surface area contributed by atoms with E-state index in [2.05, 4.69) is 5.32 Å². The molecule has 0 saturated carbocycles. The van der Waals surface area contributed by atoms with Gasteiger partial charge in [-0.1, -0.05) is 59.6 Å². The number of anilines is 1. The van der Waals surface area contributed by atoms with E-state index >= 15 is 0 Å². The Labute approximate surface area is 303 Å². The lowest BCUT2D eigenvalue weighted by Gasteiger charge is -2.35. The van der Waals surface area contributed by atoms with Crippen LogP contribution in [0.2, 0.25) is 10.0 Å². The zero-order valence-electron chi connectivity index (χ0n) is 28.2. The number of thioether (sulfide) groups is 1. The molecule has 4 aromatic rings. The summed E-state index contributed by atoms with van der Waals surface area (Å²) in [6.45, 7) is 7.07. The van der Waals surface area contributed by atoms with Crippen LogP contribution >= 0.6 is 35.0 Å². The number of nitrogens with one attached hydrogen (secondary N) is 1. The molecule has 0 aliphatic carbocycles. The van der Waals surface area contributed by atoms with Crippen LogP contribution < -0.4 is 14.4 Å². The number of rotatable bonds is 14. The molecule has 0 heterocycles. The summed E-state index contributed by atoms with van der Waals surface area (Å²) in [7, 11) is -4.27. The maximum atomic E-state index is 14.7. The summed E-state index contributed by atoms with van der Waals surface area (Å²) in [6.07, 6.45) is 2.05. The highest BCUT2D eigenvalue weighted by molar-refractivity contribution is 7.98. The topological polar surface area (TPSA) is 96.0 Å². The molecular weight excluding hydrogens is 701 g/mol. The molecule has 0 fully saturated rings. The van der Waals surface area contributed by atoms with Gasteiger partial charge in [0.25, 0.3) is 10.0 Å². The molecule has 4 aromatic carbocycles. The Morgan fingerprint density at radius 1 is 0.878 bits per heavy atom. The minimum atomic E-state index is -4.27. The first-order valence-corrected chi connectivity index (χ1v) is 19.1. The fraction of sp³-hybridized carbons (Fsp3) is 0.297. The van der Waals surface area contributed by atoms with Crippen molar-refractivity contribution in [2.24, 2.45) is 0 Å². The van der Waals surface area contributed by atoms with Crippen LogP contribution in [0.3, 0.4) is 0 Å². The van der Waals surface area contributed by atoms with Crippen molar-refractivity contribution < 1.29 is 22.7 Å². The molecule has 1 N–H and O–H groups in total. The fourth-order valence-electron chi connectivity index (χ4n) is 5.14. The van der Waals surface area contributed by atoms with Gasteiger partial charge in [-0.25, -0.2) is 8.42 Å². The van der Waals surface area contributed by atoms with Crippen LogP contribution in [-0.4, -0.2) is 56.1 Å². The third kappa shape index (κ3) is 10.2. The largest absolute Gasteiger partial charge is 0.494 e. The quantitative estimate of drug-likeness (QED) is 0.132. The molecule has 0 aliphatic rings. The van der Waals surface area contributed by atoms with Crippen molar-refractivity contribution in [1.82, 2.24) is 10.2 Å². The van der Waals surface area contributed by atoms with Gasteiger partial charge in [0.15, 0.2) is 0 Å². The minimum Gasteiger partial charge on any atom is -0.494 e. The van der Waals surface area contributed by atoms with Gasteiger partial charge in [0.2, 0.25) is 11.8 Å². The van der Waals surface area contributed by atoms with Crippen LogP contribution in [0.4, 0.5) is 5.69 Å². The molecular formula is C37H41Cl2N3O5S2. The predicted molar refractivity (Wildman–Crippen MR) is 199 cm³/mol. The van der Waals surface area contributed by atoms with Gasteiger partial charge in [-0.15, -0.1) is 11.8 Å². The Morgan fingerprint density at radius 2 is 1.49 bits per heavy atom. The molecule has 1 unspecified atom stereocenters. The number of nitrogens with zero attached hydrogens (tertiary/aromatic N) is 2. The standard InChI is InChI=1S/C37H41Cl2N3O5S2/c1-6-47-28-17-15-27(16-18-28)42(49(45,46)30-21-19-29(48-5)20-22-30)25-35(43)41(24-31-32(38)13-10-14-33(31)39)34(36(44)40-37(2,3)4)23-26-11-8-7-9-12-26/h7-22,34H,6,23-25H2,1-5H3,(H,40,44). The van der Waals surface area contributed by atoms with Crippen molar-refractivity contribution in [1.29, 1.82) is 0 Å². The van der Waals surface area contributed by atoms with Crippen LogP contribution in [-0.2, 0) is 32.6 Å². The van der Waals surface area contributed by atoms with Crippen molar-refractivity contribution in [2.45, 2.75) is 62.0 Å². The highest BCUT2D eigenvalue weighted by Gasteiger charge is 2.36. The summed E-state index contributed by atoms with van der Waals surface area (Å²) >= 11 is 14.7. The van der Waals surface area contributed by atoms with E-state index < -0.39 is 40.0 Å². The molecule has 260 valence electrons. The van der Waals surface area contributed by atoms with Gasteiger partial charge < -0.3 is 15.0 Å². The van der Waals surface area contributed by atoms with Crippen LogP contribution in [0, 0.1) is 0 Å². The second kappa shape index (κ2) is 16.8. The second-order valence-corrected chi connectivity index (χ2v) is 15.8. The summed E-state index contributed by atoms with van der Waals surface area (Å²) in [4.78, 5) is 31.1. The first-order valence-electron chi connectivity index (χ1n) is 15.7. The maximum absolute atomic E-state index is 14.7. The van der Waals surface area contributed by atoms with Crippen LogP contribution in [0.15, 0.2) is 107 Å². The number of carbonyl (C=O) groups excluding carboxylic acids is 2. The number of amides is 2. The van der Waals surface area contributed by atoms with E-state index in [0.29, 0.717) is 28.0 Å². The first kappa shape index (κ1) is 38.1. The van der Waals surface area contributed by atoms with E-state index in [9.17, 15) is 18.0 Å². The number of carbonyl (C=O) groups is 2. The molecule has 0 radical (unpaired) electrons. The molecule has 12 heteroatoms. The van der Waals surface area contributed by atoms with Crippen molar-refractivity contribution >= 4 is 62.5 Å². The van der Waals surface area contributed by atoms with E-state index in [1.807, 2.05) is 64.3 Å². The zero-order chi connectivity index (χ0) is 35.8. The summed E-state index contributed by atoms with van der Waals surface area (Å²) < 4.78 is 35.3. The number of ether oxygens (including phenoxy) is 1. The Hall–Kier alpha value is -3.70. The SMILES string of the molecule is CCOc1ccc(N(CC(=O)N(Cc2c(Cl)cccc2Cl)C(Cc2ccccc2)C(=O)NC(C)(C)C)S(=O)(=O)c2ccc(SC)cc2)cc1. The van der Waals surface area contributed by atoms with Gasteiger partial charge in [-0.3, -0.25) is 13.9 Å². The Morgan fingerprint density at radius 3 is 2.04 bits per heavy atom. The van der Waals surface area contributed by atoms with E-state index in [0.717, 1.165) is 14.8 Å². The summed E-state index contributed by atoms with van der Waals surface area (Å²) in [6, 6.07) is 26.2. The lowest BCUT2D eigenvalue weighted by Crippen LogP contribution is -2.56. The third-order valence-electron chi connectivity index (χ3n) is 7.52. The van der Waals surface area contributed by atoms with E-state index in [1.165, 1.54) is 28.8 Å². The van der Waals surface area contributed by atoms with E-state index in [4.69, 9.17) is 27.9 Å². The third-order valence-corrected chi connectivity index (χ3v) is 10.8. The molecule has 2 amide bonds. The molecule has 0 aromatic heterocycles. The number of hydrogen-bond acceptors (Lipinski definition) is 6. The Kier molecular flexibility index (Phi) is 13.1. The van der Waals surface area contributed by atoms with Crippen LogP contribution in [0.25, 0.3) is 0 Å². The minimum absolute atomic E-state index is 0.0130. The van der Waals surface area contributed by atoms with Crippen LogP contribution in [0.5, 0.6) is 5.75 Å². The molecule has 0 spiro atoms. The van der Waals surface area contributed by atoms with Gasteiger partial charge in [0.1, 0.15) is 18.3 Å². The van der Waals surface area contributed by atoms with Crippen molar-refractivity contribution in [3.63, 3.8) is 0 Å². The van der Waals surface area contributed by atoms with Crippen molar-refractivity contribution in [3.05, 3.63) is 118 Å². The average molecular weight is 743 g/mol. The number of halogens is 2. The summed E-state index contributed by atoms with van der Waals surface area (Å²) in [5.41, 5.74) is 0.872. The fourth-order valence-corrected chi connectivity index (χ4v) is 7.48. The van der Waals surface area contributed by atoms with Gasteiger partial charge >= 0.3 is 0 Å². The van der Waals surface area contributed by atoms with E-state index in [1.54, 1.807) is 54.6 Å². The Balaban J connectivity index is 1.85. The number of benzene rings is 4. The second-order valence-electron chi connectivity index (χ2n) is 12.3. The first-order chi connectivity index (χ1) is 23.2. The van der Waals surface area contributed by atoms with Gasteiger partial charge in [-0.2, -0.15) is 0 Å². The number of hydrogen-bond donors (Lipinski definition) is 1. The Bertz CT molecular complexity index is 1810. The van der Waals surface area contributed by atoms with Gasteiger partial charge in [-0.05, 0) is 100 Å². The highest BCUT2D eigenvalue weighted by Crippen LogP contribution is 2.30. The monoisotopic (exact) mass is 741 g/mol. The molecule has 4 rings (SSSR count). The number of sulfonamides is 1. The molecule has 0 aliphatic heterocycles. The highest BCUT2D eigenvalue weighted by atomic mass is 35.5. The van der Waals surface area contributed by atoms with Crippen LogP contribution in [0.1, 0.15) is 38.8 Å². The normalized spacial score (nSPS) is 12.2. The average Bonchev–Trinajstić information content (AvgIpc) is 3.06. The molecule has 1 atom stereocenters. The molecule has 0 saturated heterocycles. The summed E-state index contributed by atoms with van der Waals surface area (Å²) in [5.74, 6) is -0.480. The maximum Gasteiger partial charge on any atom is 0.264 e. The lowest BCUT2D eigenvalue weighted by molar-refractivity contribution is -0.140. The van der Waals surface area contributed by atoms with Gasteiger partial charge in [0, 0.05) is 39.0 Å². The van der Waals surface area contributed by atoms with E-state index in [-0.39, 0.29) is 23.5 Å². The smallest absolute Gasteiger partial charge is 0.264 e. The predicted octanol–water partition coefficient (Wildman–Crippen LogP) is 7.86. The molecule has 0 bridgehead atoms. The molecule has 8 nitrogen and oxygen atoms in total. The van der Waals surface area contributed by atoms with Crippen molar-refractivity contribution in [3.8, 4) is 5.75 Å². The van der Waals surface area contributed by atoms with Gasteiger partial charge in [0.05, 0.1) is 17.2 Å².